The molecule has 0 aromatic heterocycles. The predicted octanol–water partition coefficient (Wildman–Crippen LogP) is 1.05. The molecule has 7 heteroatoms. The summed E-state index contributed by atoms with van der Waals surface area (Å²) in [7, 11) is 1.34. The molecule has 0 unspecified atom stereocenters. The third-order valence-corrected chi connectivity index (χ3v) is 4.40. The van der Waals surface area contributed by atoms with Crippen molar-refractivity contribution < 1.29 is 19.1 Å². The summed E-state index contributed by atoms with van der Waals surface area (Å²) < 4.78 is 10.1. The van der Waals surface area contributed by atoms with E-state index in [0.717, 1.165) is 0 Å². The normalized spacial score (nSPS) is 17.5. The first-order chi connectivity index (χ1) is 10.7. The number of thioether (sulfide) groups is 1. The Morgan fingerprint density at radius 2 is 2.23 bits per heavy atom. The maximum atomic E-state index is 12.2. The number of ether oxygens (including phenoxy) is 2. The van der Waals surface area contributed by atoms with Crippen molar-refractivity contribution >= 4 is 23.6 Å². The molecule has 0 saturated carbocycles. The van der Waals surface area contributed by atoms with Gasteiger partial charge in [0.05, 0.1) is 12.7 Å². The van der Waals surface area contributed by atoms with Crippen LogP contribution in [0.4, 0.5) is 0 Å². The summed E-state index contributed by atoms with van der Waals surface area (Å²) in [6.45, 7) is 0.733. The second-order valence-corrected chi connectivity index (χ2v) is 5.93. The Labute approximate surface area is 133 Å². The van der Waals surface area contributed by atoms with Crippen molar-refractivity contribution in [2.75, 3.05) is 32.6 Å². The molecule has 1 aromatic carbocycles. The molecule has 1 heterocycles. The fourth-order valence-corrected chi connectivity index (χ4v) is 3.19. The van der Waals surface area contributed by atoms with Crippen molar-refractivity contribution in [2.24, 2.45) is 0 Å². The highest BCUT2D eigenvalue weighted by molar-refractivity contribution is 8.00. The number of methoxy groups -OCH3 is 1. The van der Waals surface area contributed by atoms with Crippen molar-refractivity contribution in [1.82, 2.24) is 4.90 Å². The number of nitrogens with zero attached hydrogens (tertiary/aromatic N) is 2. The summed E-state index contributed by atoms with van der Waals surface area (Å²) in [5, 5.41) is 8.62. The van der Waals surface area contributed by atoms with Crippen molar-refractivity contribution in [2.45, 2.75) is 5.25 Å². The van der Waals surface area contributed by atoms with E-state index in [0.29, 0.717) is 30.2 Å². The molecule has 1 aromatic rings. The van der Waals surface area contributed by atoms with Crippen molar-refractivity contribution in [3.63, 3.8) is 0 Å². The smallest absolute Gasteiger partial charge is 0.320 e. The SMILES string of the molecule is COC(=O)[C@@H]1CN(C(=O)COc2ccccc2C#N)CCS1. The molecule has 0 radical (unpaired) electrons. The minimum atomic E-state index is -0.353. The number of rotatable bonds is 4. The van der Waals surface area contributed by atoms with Crippen LogP contribution in [0.25, 0.3) is 0 Å². The van der Waals surface area contributed by atoms with Crippen LogP contribution in [0, 0.1) is 11.3 Å². The van der Waals surface area contributed by atoms with Crippen LogP contribution in [0.2, 0.25) is 0 Å². The van der Waals surface area contributed by atoms with Crippen molar-refractivity contribution in [1.29, 1.82) is 5.26 Å². The molecular formula is C15H16N2O4S. The molecule has 116 valence electrons. The molecule has 0 bridgehead atoms. The summed E-state index contributed by atoms with van der Waals surface area (Å²) >= 11 is 1.49. The maximum absolute atomic E-state index is 12.2. The van der Waals surface area contributed by atoms with E-state index in [2.05, 4.69) is 0 Å². The average molecular weight is 320 g/mol. The number of para-hydroxylation sites is 1. The van der Waals surface area contributed by atoms with E-state index in [1.165, 1.54) is 18.9 Å². The number of benzene rings is 1. The van der Waals surface area contributed by atoms with Crippen LogP contribution < -0.4 is 4.74 Å². The van der Waals surface area contributed by atoms with E-state index in [4.69, 9.17) is 14.7 Å². The van der Waals surface area contributed by atoms with E-state index in [9.17, 15) is 9.59 Å². The quantitative estimate of drug-likeness (QED) is 0.772. The topological polar surface area (TPSA) is 79.6 Å². The third kappa shape index (κ3) is 3.92. The van der Waals surface area contributed by atoms with E-state index in [-0.39, 0.29) is 23.7 Å². The number of nitriles is 1. The van der Waals surface area contributed by atoms with Gasteiger partial charge >= 0.3 is 5.97 Å². The van der Waals surface area contributed by atoms with Gasteiger partial charge in [-0.05, 0) is 12.1 Å². The first-order valence-electron chi connectivity index (χ1n) is 6.75. The molecule has 6 nitrogen and oxygen atoms in total. The van der Waals surface area contributed by atoms with Gasteiger partial charge in [-0.1, -0.05) is 12.1 Å². The first-order valence-corrected chi connectivity index (χ1v) is 7.79. The van der Waals surface area contributed by atoms with Gasteiger partial charge in [-0.15, -0.1) is 11.8 Å². The minimum absolute atomic E-state index is 0.156. The van der Waals surface area contributed by atoms with Crippen molar-refractivity contribution in [3.8, 4) is 11.8 Å². The van der Waals surface area contributed by atoms with Crippen molar-refractivity contribution in [3.05, 3.63) is 29.8 Å². The van der Waals surface area contributed by atoms with Gasteiger partial charge in [0.25, 0.3) is 5.91 Å². The lowest BCUT2D eigenvalue weighted by atomic mass is 10.2. The zero-order valence-corrected chi connectivity index (χ0v) is 13.0. The molecule has 1 atom stereocenters. The van der Waals surface area contributed by atoms with Gasteiger partial charge in [0.15, 0.2) is 6.61 Å². The molecule has 1 amide bonds. The molecule has 0 aliphatic carbocycles. The second-order valence-electron chi connectivity index (χ2n) is 4.62. The Bertz CT molecular complexity index is 599. The highest BCUT2D eigenvalue weighted by Gasteiger charge is 2.29. The summed E-state index contributed by atoms with van der Waals surface area (Å²) in [6, 6.07) is 8.77. The fourth-order valence-electron chi connectivity index (χ4n) is 2.07. The van der Waals surface area contributed by atoms with Crippen LogP contribution in [0.15, 0.2) is 24.3 Å². The van der Waals surface area contributed by atoms with Gasteiger partial charge in [0, 0.05) is 18.8 Å². The number of amides is 1. The average Bonchev–Trinajstić information content (AvgIpc) is 2.59. The molecule has 1 aliphatic rings. The summed E-state index contributed by atoms with van der Waals surface area (Å²) in [6.07, 6.45) is 0. The minimum Gasteiger partial charge on any atom is -0.482 e. The van der Waals surface area contributed by atoms with Gasteiger partial charge in [-0.2, -0.15) is 5.26 Å². The Hall–Kier alpha value is -2.20. The van der Waals surface area contributed by atoms with Gasteiger partial charge < -0.3 is 14.4 Å². The van der Waals surface area contributed by atoms with Gasteiger partial charge in [-0.25, -0.2) is 0 Å². The van der Waals surface area contributed by atoms with E-state index >= 15 is 0 Å². The number of carbonyl (C=O) groups is 2. The number of esters is 1. The molecule has 1 aliphatic heterocycles. The van der Waals surface area contributed by atoms with Crippen LogP contribution in [0.5, 0.6) is 5.75 Å². The summed E-state index contributed by atoms with van der Waals surface area (Å²) in [5.74, 6) is 0.537. The molecule has 1 saturated heterocycles. The van der Waals surface area contributed by atoms with Crippen LogP contribution >= 0.6 is 11.8 Å². The lowest BCUT2D eigenvalue weighted by Crippen LogP contribution is -2.46. The molecular weight excluding hydrogens is 304 g/mol. The zero-order valence-electron chi connectivity index (χ0n) is 12.2. The number of hydrogen-bond donors (Lipinski definition) is 0. The molecule has 0 spiro atoms. The number of carbonyl (C=O) groups excluding carboxylic acids is 2. The summed E-state index contributed by atoms with van der Waals surface area (Å²) in [5.41, 5.74) is 0.386. The predicted molar refractivity (Wildman–Crippen MR) is 81.5 cm³/mol. The third-order valence-electron chi connectivity index (χ3n) is 3.24. The Balaban J connectivity index is 1.92. The highest BCUT2D eigenvalue weighted by atomic mass is 32.2. The second kappa shape index (κ2) is 7.71. The Kier molecular flexibility index (Phi) is 5.67. The fraction of sp³-hybridized carbons (Fsp3) is 0.400. The zero-order chi connectivity index (χ0) is 15.9. The van der Waals surface area contributed by atoms with Gasteiger partial charge in [0.2, 0.25) is 0 Å². The monoisotopic (exact) mass is 320 g/mol. The molecule has 0 N–H and O–H groups in total. The Morgan fingerprint density at radius 1 is 1.45 bits per heavy atom. The number of hydrogen-bond acceptors (Lipinski definition) is 6. The Morgan fingerprint density at radius 3 is 2.95 bits per heavy atom. The standard InChI is InChI=1S/C15H16N2O4S/c1-20-15(19)13-9-17(6-7-22-13)14(18)10-21-12-5-3-2-4-11(12)8-16/h2-5,13H,6-7,9-10H2,1H3/t13-/m0/s1. The summed E-state index contributed by atoms with van der Waals surface area (Å²) in [4.78, 5) is 25.3. The van der Waals surface area contributed by atoms with E-state index < -0.39 is 0 Å². The highest BCUT2D eigenvalue weighted by Crippen LogP contribution is 2.21. The molecule has 2 rings (SSSR count). The molecule has 1 fully saturated rings. The van der Waals surface area contributed by atoms with Crippen LogP contribution in [-0.2, 0) is 14.3 Å². The molecule has 22 heavy (non-hydrogen) atoms. The largest absolute Gasteiger partial charge is 0.482 e. The lowest BCUT2D eigenvalue weighted by Gasteiger charge is -2.30. The lowest BCUT2D eigenvalue weighted by molar-refractivity contribution is -0.141. The van der Waals surface area contributed by atoms with Crippen LogP contribution in [0.3, 0.4) is 0 Å². The first kappa shape index (κ1) is 16.2. The van der Waals surface area contributed by atoms with E-state index in [1.807, 2.05) is 6.07 Å². The van der Waals surface area contributed by atoms with E-state index in [1.54, 1.807) is 29.2 Å². The van der Waals surface area contributed by atoms with Crippen LogP contribution in [0.1, 0.15) is 5.56 Å². The van der Waals surface area contributed by atoms with Gasteiger partial charge in [-0.3, -0.25) is 9.59 Å². The van der Waals surface area contributed by atoms with Crippen LogP contribution in [-0.4, -0.2) is 54.6 Å². The maximum Gasteiger partial charge on any atom is 0.320 e. The van der Waals surface area contributed by atoms with Gasteiger partial charge in [0.1, 0.15) is 17.1 Å².